The van der Waals surface area contributed by atoms with Crippen LogP contribution in [0.25, 0.3) is 0 Å². The number of hydrogen-bond acceptors (Lipinski definition) is 2. The van der Waals surface area contributed by atoms with Crippen LogP contribution in [0.2, 0.25) is 0 Å². The summed E-state index contributed by atoms with van der Waals surface area (Å²) in [7, 11) is 3.43. The molecule has 0 spiro atoms. The quantitative estimate of drug-likeness (QED) is 0.840. The number of benzene rings is 2. The number of carbonyl (C=O) groups excluding carboxylic acids is 1. The molecule has 0 radical (unpaired) electrons. The lowest BCUT2D eigenvalue weighted by atomic mass is 10.1. The third-order valence-corrected chi connectivity index (χ3v) is 2.96. The number of amides is 1. The van der Waals surface area contributed by atoms with E-state index in [4.69, 9.17) is 4.74 Å². The van der Waals surface area contributed by atoms with Crippen LogP contribution in [0.4, 0.5) is 5.69 Å². The molecule has 3 nitrogen and oxygen atoms in total. The first kappa shape index (κ1) is 13.3. The van der Waals surface area contributed by atoms with Gasteiger partial charge in [-0.05, 0) is 29.8 Å². The number of ether oxygens (including phenoxy) is 1. The molecule has 0 atom stereocenters. The zero-order valence-corrected chi connectivity index (χ0v) is 11.2. The van der Waals surface area contributed by atoms with Gasteiger partial charge in [0.15, 0.2) is 0 Å². The lowest BCUT2D eigenvalue weighted by Gasteiger charge is -2.17. The van der Waals surface area contributed by atoms with Gasteiger partial charge in [0, 0.05) is 25.4 Å². The molecule has 1 amide bonds. The Balaban J connectivity index is 2.15. The first-order chi connectivity index (χ1) is 9.22. The predicted octanol–water partition coefficient (Wildman–Crippen LogP) is 3.11. The highest BCUT2D eigenvalue weighted by atomic mass is 16.5. The number of para-hydroxylation sites is 1. The summed E-state index contributed by atoms with van der Waals surface area (Å²) in [6, 6.07) is 17.1. The summed E-state index contributed by atoms with van der Waals surface area (Å²) in [6.45, 7) is 0.559. The molecule has 3 heteroatoms. The third kappa shape index (κ3) is 3.20. The fourth-order valence-electron chi connectivity index (χ4n) is 1.87. The van der Waals surface area contributed by atoms with Crippen LogP contribution in [0.5, 0.6) is 0 Å². The molecule has 19 heavy (non-hydrogen) atoms. The molecular weight excluding hydrogens is 238 g/mol. The number of carbonyl (C=O) groups is 1. The fourth-order valence-corrected chi connectivity index (χ4v) is 1.87. The molecule has 0 aromatic heterocycles. The minimum atomic E-state index is -0.0184. The first-order valence-corrected chi connectivity index (χ1v) is 6.13. The van der Waals surface area contributed by atoms with E-state index in [-0.39, 0.29) is 5.91 Å². The Hall–Kier alpha value is -2.13. The lowest BCUT2D eigenvalue weighted by molar-refractivity contribution is 0.0993. The van der Waals surface area contributed by atoms with Gasteiger partial charge in [0.2, 0.25) is 0 Å². The summed E-state index contributed by atoms with van der Waals surface area (Å²) in [5.74, 6) is -0.0184. The van der Waals surface area contributed by atoms with E-state index >= 15 is 0 Å². The van der Waals surface area contributed by atoms with Crippen molar-refractivity contribution in [2.75, 3.05) is 19.1 Å². The van der Waals surface area contributed by atoms with Gasteiger partial charge < -0.3 is 9.64 Å². The van der Waals surface area contributed by atoms with Crippen molar-refractivity contribution >= 4 is 11.6 Å². The molecule has 0 unspecified atom stereocenters. The van der Waals surface area contributed by atoms with Gasteiger partial charge in [-0.3, -0.25) is 4.79 Å². The molecule has 0 aliphatic heterocycles. The zero-order chi connectivity index (χ0) is 13.7. The van der Waals surface area contributed by atoms with Crippen molar-refractivity contribution in [2.45, 2.75) is 6.61 Å². The number of hydrogen-bond donors (Lipinski definition) is 0. The molecule has 0 N–H and O–H groups in total. The van der Waals surface area contributed by atoms with E-state index in [1.54, 1.807) is 19.1 Å². The second-order valence-electron chi connectivity index (χ2n) is 4.33. The number of anilines is 1. The van der Waals surface area contributed by atoms with Gasteiger partial charge in [0.25, 0.3) is 5.91 Å². The Labute approximate surface area is 113 Å². The highest BCUT2D eigenvalue weighted by Crippen LogP contribution is 2.15. The molecule has 0 heterocycles. The minimum Gasteiger partial charge on any atom is -0.380 e. The van der Waals surface area contributed by atoms with Crippen LogP contribution in [0.3, 0.4) is 0 Å². The van der Waals surface area contributed by atoms with Crippen molar-refractivity contribution in [1.29, 1.82) is 0 Å². The summed E-state index contributed by atoms with van der Waals surface area (Å²) >= 11 is 0. The van der Waals surface area contributed by atoms with Crippen molar-refractivity contribution in [3.05, 3.63) is 65.7 Å². The van der Waals surface area contributed by atoms with Crippen molar-refractivity contribution in [3.8, 4) is 0 Å². The molecule has 2 aromatic rings. The first-order valence-electron chi connectivity index (χ1n) is 6.13. The Morgan fingerprint density at radius 2 is 1.68 bits per heavy atom. The predicted molar refractivity (Wildman–Crippen MR) is 76.3 cm³/mol. The Morgan fingerprint density at radius 1 is 1.05 bits per heavy atom. The molecule has 0 saturated heterocycles. The van der Waals surface area contributed by atoms with Gasteiger partial charge in [-0.1, -0.05) is 30.3 Å². The van der Waals surface area contributed by atoms with Gasteiger partial charge in [-0.2, -0.15) is 0 Å². The number of methoxy groups -OCH3 is 1. The van der Waals surface area contributed by atoms with Gasteiger partial charge in [-0.15, -0.1) is 0 Å². The van der Waals surface area contributed by atoms with Gasteiger partial charge in [0.1, 0.15) is 0 Å². The van der Waals surface area contributed by atoms with Crippen LogP contribution < -0.4 is 4.90 Å². The van der Waals surface area contributed by atoms with Crippen LogP contribution in [0.1, 0.15) is 15.9 Å². The molecule has 0 saturated carbocycles. The second kappa shape index (κ2) is 6.16. The topological polar surface area (TPSA) is 29.5 Å². The molecule has 2 rings (SSSR count). The molecule has 0 aliphatic carbocycles. The summed E-state index contributed by atoms with van der Waals surface area (Å²) in [4.78, 5) is 14.0. The standard InChI is InChI=1S/C16H17NO2/c1-17(15-6-4-3-5-7-15)16(18)14-10-8-13(9-11-14)12-19-2/h3-11H,12H2,1-2H3. The summed E-state index contributed by atoms with van der Waals surface area (Å²) in [6.07, 6.45) is 0. The molecule has 2 aromatic carbocycles. The normalized spacial score (nSPS) is 10.2. The largest absolute Gasteiger partial charge is 0.380 e. The number of rotatable bonds is 4. The van der Waals surface area contributed by atoms with E-state index in [0.717, 1.165) is 11.3 Å². The van der Waals surface area contributed by atoms with Crippen LogP contribution in [-0.2, 0) is 11.3 Å². The molecule has 0 fully saturated rings. The molecule has 98 valence electrons. The van der Waals surface area contributed by atoms with E-state index in [2.05, 4.69) is 0 Å². The molecule has 0 aliphatic rings. The third-order valence-electron chi connectivity index (χ3n) is 2.96. The van der Waals surface area contributed by atoms with E-state index in [1.165, 1.54) is 0 Å². The fraction of sp³-hybridized carbons (Fsp3) is 0.188. The summed E-state index contributed by atoms with van der Waals surface area (Å²) in [5.41, 5.74) is 2.61. The Kier molecular flexibility index (Phi) is 4.31. The maximum atomic E-state index is 12.3. The monoisotopic (exact) mass is 255 g/mol. The van der Waals surface area contributed by atoms with E-state index in [1.807, 2.05) is 54.6 Å². The van der Waals surface area contributed by atoms with E-state index in [9.17, 15) is 4.79 Å². The van der Waals surface area contributed by atoms with Crippen LogP contribution >= 0.6 is 0 Å². The highest BCUT2D eigenvalue weighted by Gasteiger charge is 2.12. The Bertz CT molecular complexity index is 534. The highest BCUT2D eigenvalue weighted by molar-refractivity contribution is 6.05. The van der Waals surface area contributed by atoms with Crippen LogP contribution in [0.15, 0.2) is 54.6 Å². The SMILES string of the molecule is COCc1ccc(C(=O)N(C)c2ccccc2)cc1. The average molecular weight is 255 g/mol. The van der Waals surface area contributed by atoms with E-state index < -0.39 is 0 Å². The number of nitrogens with zero attached hydrogens (tertiary/aromatic N) is 1. The molecule has 0 bridgehead atoms. The maximum Gasteiger partial charge on any atom is 0.258 e. The second-order valence-corrected chi connectivity index (χ2v) is 4.33. The maximum absolute atomic E-state index is 12.3. The van der Waals surface area contributed by atoms with Crippen molar-refractivity contribution < 1.29 is 9.53 Å². The van der Waals surface area contributed by atoms with Gasteiger partial charge in [-0.25, -0.2) is 0 Å². The van der Waals surface area contributed by atoms with Crippen molar-refractivity contribution in [2.24, 2.45) is 0 Å². The van der Waals surface area contributed by atoms with Crippen LogP contribution in [-0.4, -0.2) is 20.1 Å². The van der Waals surface area contributed by atoms with Gasteiger partial charge in [0.05, 0.1) is 6.61 Å². The smallest absolute Gasteiger partial charge is 0.258 e. The average Bonchev–Trinajstić information content (AvgIpc) is 2.48. The summed E-state index contributed by atoms with van der Waals surface area (Å²) in [5, 5.41) is 0. The molecular formula is C16H17NO2. The van der Waals surface area contributed by atoms with E-state index in [0.29, 0.717) is 12.2 Å². The Morgan fingerprint density at radius 3 is 2.26 bits per heavy atom. The minimum absolute atomic E-state index is 0.0184. The van der Waals surface area contributed by atoms with Gasteiger partial charge >= 0.3 is 0 Å². The van der Waals surface area contributed by atoms with Crippen molar-refractivity contribution in [1.82, 2.24) is 0 Å². The zero-order valence-electron chi connectivity index (χ0n) is 11.2. The summed E-state index contributed by atoms with van der Waals surface area (Å²) < 4.78 is 5.05. The van der Waals surface area contributed by atoms with Crippen molar-refractivity contribution in [3.63, 3.8) is 0 Å². The van der Waals surface area contributed by atoms with Crippen LogP contribution in [0, 0.1) is 0 Å². The lowest BCUT2D eigenvalue weighted by Crippen LogP contribution is -2.26.